The van der Waals surface area contributed by atoms with Crippen molar-refractivity contribution in [1.29, 1.82) is 0 Å². The van der Waals surface area contributed by atoms with Crippen LogP contribution in [0.5, 0.6) is 0 Å². The van der Waals surface area contributed by atoms with Crippen molar-refractivity contribution in [2.24, 2.45) is 5.92 Å². The fourth-order valence-electron chi connectivity index (χ4n) is 4.04. The van der Waals surface area contributed by atoms with Crippen molar-refractivity contribution >= 4 is 11.6 Å². The zero-order chi connectivity index (χ0) is 13.5. The molecule has 2 atom stereocenters. The maximum absolute atomic E-state index is 6.47. The van der Waals surface area contributed by atoms with E-state index < -0.39 is 0 Å². The van der Waals surface area contributed by atoms with Gasteiger partial charge in [-0.1, -0.05) is 17.7 Å². The molecule has 4 rings (SSSR count). The van der Waals surface area contributed by atoms with Crippen molar-refractivity contribution in [3.63, 3.8) is 0 Å². The normalized spacial score (nSPS) is 24.4. The summed E-state index contributed by atoms with van der Waals surface area (Å²) in [6.45, 7) is 0.955. The van der Waals surface area contributed by atoms with Crippen molar-refractivity contribution in [2.75, 3.05) is 0 Å². The van der Waals surface area contributed by atoms with Gasteiger partial charge in [0.15, 0.2) is 0 Å². The molecular formula is C16H18ClN3. The Morgan fingerprint density at radius 3 is 3.15 bits per heavy atom. The number of hydrogen-bond acceptors (Lipinski definition) is 2. The van der Waals surface area contributed by atoms with Crippen LogP contribution in [0.4, 0.5) is 0 Å². The highest BCUT2D eigenvalue weighted by Gasteiger charge is 2.32. The topological polar surface area (TPSA) is 30.7 Å². The smallest absolute Gasteiger partial charge is 0.137 e. The lowest BCUT2D eigenvalue weighted by Crippen LogP contribution is -2.26. The third-order valence-corrected chi connectivity index (χ3v) is 5.17. The molecule has 2 aliphatic rings. The minimum Gasteiger partial charge on any atom is -0.253 e. The predicted octanol–water partition coefficient (Wildman–Crippen LogP) is 3.61. The lowest BCUT2D eigenvalue weighted by Gasteiger charge is -2.36. The molecule has 104 valence electrons. The van der Waals surface area contributed by atoms with Gasteiger partial charge in [0, 0.05) is 11.6 Å². The molecule has 0 bridgehead atoms. The first-order valence-corrected chi connectivity index (χ1v) is 7.81. The molecule has 1 aromatic heterocycles. The Balaban J connectivity index is 1.68. The van der Waals surface area contributed by atoms with Gasteiger partial charge in [-0.15, -0.1) is 0 Å². The minimum absolute atomic E-state index is 0.625. The van der Waals surface area contributed by atoms with Crippen LogP contribution in [0.15, 0.2) is 24.8 Å². The highest BCUT2D eigenvalue weighted by molar-refractivity contribution is 6.31. The Bertz CT molecular complexity index is 621. The molecule has 4 heteroatoms. The number of benzene rings is 1. The number of nitrogens with zero attached hydrogens (tertiary/aromatic N) is 3. The van der Waals surface area contributed by atoms with Crippen LogP contribution in [-0.2, 0) is 19.4 Å². The molecule has 0 saturated heterocycles. The number of aryl methyl sites for hydroxylation is 1. The zero-order valence-corrected chi connectivity index (χ0v) is 12.2. The Labute approximate surface area is 124 Å². The van der Waals surface area contributed by atoms with E-state index in [4.69, 9.17) is 11.6 Å². The molecule has 1 heterocycles. The van der Waals surface area contributed by atoms with E-state index in [1.807, 2.05) is 11.0 Å². The summed E-state index contributed by atoms with van der Waals surface area (Å²) in [5, 5.41) is 5.20. The number of halogens is 1. The third-order valence-electron chi connectivity index (χ3n) is 4.82. The third kappa shape index (κ3) is 2.05. The molecule has 1 aromatic carbocycles. The summed E-state index contributed by atoms with van der Waals surface area (Å²) in [7, 11) is 0. The maximum atomic E-state index is 6.47. The fraction of sp³-hybridized carbons (Fsp3) is 0.500. The van der Waals surface area contributed by atoms with Crippen LogP contribution in [0.1, 0.15) is 41.9 Å². The highest BCUT2D eigenvalue weighted by Crippen LogP contribution is 2.45. The molecule has 0 fully saturated rings. The second-order valence-corrected chi connectivity index (χ2v) is 6.52. The van der Waals surface area contributed by atoms with Crippen molar-refractivity contribution in [3.8, 4) is 0 Å². The van der Waals surface area contributed by atoms with Crippen LogP contribution >= 0.6 is 11.6 Å². The molecule has 0 radical (unpaired) electrons. The number of hydrogen-bond donors (Lipinski definition) is 0. The average molecular weight is 288 g/mol. The number of rotatable bonds is 2. The molecule has 0 saturated carbocycles. The Kier molecular flexibility index (Phi) is 3.03. The van der Waals surface area contributed by atoms with E-state index >= 15 is 0 Å². The number of aromatic nitrogens is 3. The van der Waals surface area contributed by atoms with Crippen molar-refractivity contribution in [1.82, 2.24) is 14.8 Å². The first-order chi connectivity index (χ1) is 9.81. The van der Waals surface area contributed by atoms with Crippen LogP contribution in [0, 0.1) is 5.92 Å². The molecule has 0 aliphatic heterocycles. The van der Waals surface area contributed by atoms with Crippen LogP contribution in [0.3, 0.4) is 0 Å². The van der Waals surface area contributed by atoms with Gasteiger partial charge in [-0.2, -0.15) is 5.10 Å². The molecule has 20 heavy (non-hydrogen) atoms. The summed E-state index contributed by atoms with van der Waals surface area (Å²) >= 11 is 6.47. The van der Waals surface area contributed by atoms with Crippen molar-refractivity contribution in [3.05, 3.63) is 46.5 Å². The van der Waals surface area contributed by atoms with Gasteiger partial charge in [-0.05, 0) is 66.7 Å². The lowest BCUT2D eigenvalue weighted by atomic mass is 9.70. The van der Waals surface area contributed by atoms with E-state index in [-0.39, 0.29) is 0 Å². The van der Waals surface area contributed by atoms with Crippen LogP contribution in [0.2, 0.25) is 5.02 Å². The molecule has 3 nitrogen and oxygen atoms in total. The van der Waals surface area contributed by atoms with Crippen LogP contribution < -0.4 is 0 Å². The first-order valence-electron chi connectivity index (χ1n) is 7.44. The van der Waals surface area contributed by atoms with Crippen LogP contribution in [-0.4, -0.2) is 14.8 Å². The monoisotopic (exact) mass is 287 g/mol. The predicted molar refractivity (Wildman–Crippen MR) is 79.0 cm³/mol. The summed E-state index contributed by atoms with van der Waals surface area (Å²) in [6, 6.07) is 4.33. The van der Waals surface area contributed by atoms with Gasteiger partial charge < -0.3 is 0 Å². The summed E-state index contributed by atoms with van der Waals surface area (Å²) < 4.78 is 1.95. The zero-order valence-electron chi connectivity index (χ0n) is 11.4. The van der Waals surface area contributed by atoms with Crippen molar-refractivity contribution in [2.45, 2.75) is 44.6 Å². The minimum atomic E-state index is 0.625. The second kappa shape index (κ2) is 4.88. The largest absolute Gasteiger partial charge is 0.253 e. The Hall–Kier alpha value is -1.35. The van der Waals surface area contributed by atoms with E-state index in [0.717, 1.165) is 18.0 Å². The second-order valence-electron chi connectivity index (χ2n) is 6.11. The average Bonchev–Trinajstić information content (AvgIpc) is 2.96. The van der Waals surface area contributed by atoms with Crippen molar-refractivity contribution < 1.29 is 0 Å². The molecule has 0 spiro atoms. The van der Waals surface area contributed by atoms with Gasteiger partial charge in [0.05, 0.1) is 0 Å². The van der Waals surface area contributed by atoms with Gasteiger partial charge >= 0.3 is 0 Å². The molecule has 2 aliphatic carbocycles. The van der Waals surface area contributed by atoms with E-state index in [9.17, 15) is 0 Å². The SMILES string of the molecule is Clc1ccc2c3c1CC(Cn1cncn1)CC3CCC2. The van der Waals surface area contributed by atoms with Gasteiger partial charge in [0.2, 0.25) is 0 Å². The standard InChI is InChI=1S/C16H18ClN3/c17-15-5-4-12-2-1-3-13-6-11(7-14(15)16(12)13)8-20-10-18-9-19-20/h4-5,9-11,13H,1-3,6-8H2. The van der Waals surface area contributed by atoms with E-state index in [1.165, 1.54) is 31.2 Å². The quantitative estimate of drug-likeness (QED) is 0.845. The van der Waals surface area contributed by atoms with Gasteiger partial charge in [0.1, 0.15) is 12.7 Å². The molecule has 0 N–H and O–H groups in total. The summed E-state index contributed by atoms with van der Waals surface area (Å²) in [5.41, 5.74) is 4.53. The summed E-state index contributed by atoms with van der Waals surface area (Å²) in [6.07, 6.45) is 9.63. The van der Waals surface area contributed by atoms with Crippen LogP contribution in [0.25, 0.3) is 0 Å². The Morgan fingerprint density at radius 2 is 2.30 bits per heavy atom. The molecule has 0 amide bonds. The molecular weight excluding hydrogens is 270 g/mol. The summed E-state index contributed by atoms with van der Waals surface area (Å²) in [5.74, 6) is 1.33. The van der Waals surface area contributed by atoms with Gasteiger partial charge in [-0.25, -0.2) is 4.98 Å². The summed E-state index contributed by atoms with van der Waals surface area (Å²) in [4.78, 5) is 4.04. The fourth-order valence-corrected chi connectivity index (χ4v) is 4.29. The van der Waals surface area contributed by atoms with E-state index in [0.29, 0.717) is 11.8 Å². The van der Waals surface area contributed by atoms with E-state index in [2.05, 4.69) is 22.2 Å². The molecule has 2 unspecified atom stereocenters. The van der Waals surface area contributed by atoms with Gasteiger partial charge in [0.25, 0.3) is 0 Å². The maximum Gasteiger partial charge on any atom is 0.137 e. The lowest BCUT2D eigenvalue weighted by molar-refractivity contribution is 0.322. The van der Waals surface area contributed by atoms with Gasteiger partial charge in [-0.3, -0.25) is 4.68 Å². The molecule has 2 aromatic rings. The first kappa shape index (κ1) is 12.4. The highest BCUT2D eigenvalue weighted by atomic mass is 35.5. The Morgan fingerprint density at radius 1 is 1.35 bits per heavy atom. The van der Waals surface area contributed by atoms with E-state index in [1.54, 1.807) is 17.5 Å².